The lowest BCUT2D eigenvalue weighted by molar-refractivity contribution is 0.0469. The Morgan fingerprint density at radius 1 is 0.872 bits per heavy atom. The zero-order valence-corrected chi connectivity index (χ0v) is 23.7. The van der Waals surface area contributed by atoms with E-state index in [1.54, 1.807) is 12.1 Å². The number of amidine groups is 1. The van der Waals surface area contributed by atoms with Gasteiger partial charge in [-0.25, -0.2) is 4.79 Å². The molecule has 0 saturated carbocycles. The summed E-state index contributed by atoms with van der Waals surface area (Å²) in [5, 5.41) is 20.1. The summed E-state index contributed by atoms with van der Waals surface area (Å²) in [5.74, 6) is 0.106. The van der Waals surface area contributed by atoms with Crippen molar-refractivity contribution in [3.05, 3.63) is 95.1 Å². The van der Waals surface area contributed by atoms with Crippen LogP contribution in [0.5, 0.6) is 0 Å². The molecule has 0 aromatic heterocycles. The Bertz CT molecular complexity index is 1270. The van der Waals surface area contributed by atoms with Gasteiger partial charge in [0.2, 0.25) is 0 Å². The lowest BCUT2D eigenvalue weighted by atomic mass is 9.86. The summed E-state index contributed by atoms with van der Waals surface area (Å²) in [6, 6.07) is 24.3. The maximum Gasteiger partial charge on any atom is 0.335 e. The highest BCUT2D eigenvalue weighted by Gasteiger charge is 2.32. The number of carboxylic acid groups (broad SMARTS) is 1. The first-order valence-corrected chi connectivity index (χ1v) is 14.2. The van der Waals surface area contributed by atoms with Gasteiger partial charge in [0.25, 0.3) is 0 Å². The number of aliphatic hydroxyl groups excluding tert-OH is 1. The number of benzene rings is 3. The molecule has 2 unspecified atom stereocenters. The summed E-state index contributed by atoms with van der Waals surface area (Å²) in [6.07, 6.45) is 5.06. The molecule has 2 N–H and O–H groups in total. The third-order valence-electron chi connectivity index (χ3n) is 7.69. The van der Waals surface area contributed by atoms with Crippen LogP contribution in [0.4, 0.5) is 0 Å². The van der Waals surface area contributed by atoms with Gasteiger partial charge in [-0.05, 0) is 84.4 Å². The molecule has 0 spiro atoms. The number of nitrogens with zero attached hydrogens (tertiary/aromatic N) is 2. The Kier molecular flexibility index (Phi) is 9.24. The topological polar surface area (TPSA) is 73.1 Å². The summed E-state index contributed by atoms with van der Waals surface area (Å²) >= 11 is 0. The van der Waals surface area contributed by atoms with Gasteiger partial charge in [0.15, 0.2) is 0 Å². The second-order valence-corrected chi connectivity index (χ2v) is 11.6. The van der Waals surface area contributed by atoms with Crippen LogP contribution in [0.15, 0.2) is 77.8 Å². The molecule has 3 aromatic carbocycles. The fourth-order valence-corrected chi connectivity index (χ4v) is 5.33. The molecule has 5 heteroatoms. The number of rotatable bonds is 11. The third kappa shape index (κ3) is 7.36. The normalized spacial score (nSPS) is 17.4. The van der Waals surface area contributed by atoms with Gasteiger partial charge in [0, 0.05) is 13.0 Å². The number of carboxylic acids is 1. The van der Waals surface area contributed by atoms with Crippen LogP contribution in [0.25, 0.3) is 11.1 Å². The van der Waals surface area contributed by atoms with Crippen LogP contribution < -0.4 is 0 Å². The molecule has 3 aromatic rings. The van der Waals surface area contributed by atoms with Crippen molar-refractivity contribution in [1.29, 1.82) is 0 Å². The quantitative estimate of drug-likeness (QED) is 0.279. The Hall–Kier alpha value is -3.44. The van der Waals surface area contributed by atoms with E-state index in [0.717, 1.165) is 62.0 Å². The molecule has 0 fully saturated rings. The molecule has 0 saturated heterocycles. The molecule has 0 bridgehead atoms. The minimum absolute atomic E-state index is 0.0640. The highest BCUT2D eigenvalue weighted by atomic mass is 16.4. The van der Waals surface area contributed by atoms with Crippen molar-refractivity contribution in [2.24, 2.45) is 4.99 Å². The highest BCUT2D eigenvalue weighted by molar-refractivity contribution is 5.88. The number of aliphatic hydroxyl groups is 1. The molecule has 1 aliphatic heterocycles. The van der Waals surface area contributed by atoms with Crippen molar-refractivity contribution in [2.75, 3.05) is 6.54 Å². The van der Waals surface area contributed by atoms with Crippen LogP contribution in [0.3, 0.4) is 0 Å². The van der Waals surface area contributed by atoms with E-state index in [9.17, 15) is 9.90 Å². The van der Waals surface area contributed by atoms with Crippen molar-refractivity contribution < 1.29 is 15.0 Å². The van der Waals surface area contributed by atoms with Crippen LogP contribution in [-0.2, 0) is 18.3 Å². The highest BCUT2D eigenvalue weighted by Crippen LogP contribution is 2.26. The molecule has 4 rings (SSSR count). The second-order valence-electron chi connectivity index (χ2n) is 11.6. The molecule has 206 valence electrons. The molecule has 1 heterocycles. The van der Waals surface area contributed by atoms with Gasteiger partial charge in [-0.15, -0.1) is 0 Å². The van der Waals surface area contributed by atoms with E-state index in [-0.39, 0.29) is 11.5 Å². The fraction of sp³-hybridized carbons (Fsp3) is 0.412. The summed E-state index contributed by atoms with van der Waals surface area (Å²) < 4.78 is 0. The Morgan fingerprint density at radius 2 is 1.56 bits per heavy atom. The number of aryl methyl sites for hydroxylation is 2. The van der Waals surface area contributed by atoms with E-state index >= 15 is 0 Å². The second kappa shape index (κ2) is 12.6. The number of aliphatic imine (C=N–C) groups is 1. The minimum atomic E-state index is -0.912. The van der Waals surface area contributed by atoms with Crippen molar-refractivity contribution >= 4 is 11.8 Å². The molecule has 2 atom stereocenters. The average Bonchev–Trinajstić information content (AvgIpc) is 3.22. The lowest BCUT2D eigenvalue weighted by Crippen LogP contribution is -2.39. The van der Waals surface area contributed by atoms with Crippen molar-refractivity contribution in [3.8, 4) is 11.1 Å². The molecular formula is C34H42N2O3. The van der Waals surface area contributed by atoms with Gasteiger partial charge in [-0.1, -0.05) is 81.4 Å². The van der Waals surface area contributed by atoms with Crippen molar-refractivity contribution in [2.45, 2.75) is 83.9 Å². The first-order valence-electron chi connectivity index (χ1n) is 14.2. The molecule has 5 nitrogen and oxygen atoms in total. The van der Waals surface area contributed by atoms with E-state index in [1.165, 1.54) is 16.7 Å². The zero-order chi connectivity index (χ0) is 28.0. The number of likely N-dealkylation sites (N-methyl/N-ethyl adjacent to an activating group) is 1. The van der Waals surface area contributed by atoms with E-state index < -0.39 is 12.2 Å². The molecule has 0 amide bonds. The van der Waals surface area contributed by atoms with Gasteiger partial charge in [0.05, 0.1) is 11.6 Å². The average molecular weight is 527 g/mol. The first kappa shape index (κ1) is 28.6. The monoisotopic (exact) mass is 526 g/mol. The van der Waals surface area contributed by atoms with Crippen molar-refractivity contribution in [3.63, 3.8) is 0 Å². The van der Waals surface area contributed by atoms with Gasteiger partial charge in [-0.2, -0.15) is 0 Å². The van der Waals surface area contributed by atoms with Crippen LogP contribution in [0, 0.1) is 0 Å². The SMILES string of the molecule is CCN1C(CCCc2cccc(-c3ccc(C(=O)O)cc3)c2)=NC(CCCc2ccc(C(C)(C)C)cc2)C1O. The summed E-state index contributed by atoms with van der Waals surface area (Å²) in [7, 11) is 0. The van der Waals surface area contributed by atoms with Crippen LogP contribution in [0.2, 0.25) is 0 Å². The number of hydrogen-bond acceptors (Lipinski definition) is 4. The molecule has 39 heavy (non-hydrogen) atoms. The Morgan fingerprint density at radius 3 is 2.21 bits per heavy atom. The van der Waals surface area contributed by atoms with Crippen molar-refractivity contribution in [1.82, 2.24) is 4.90 Å². The fourth-order valence-electron chi connectivity index (χ4n) is 5.33. The van der Waals surface area contributed by atoms with Crippen LogP contribution in [-0.4, -0.2) is 45.7 Å². The molecule has 1 aliphatic rings. The maximum atomic E-state index is 11.1. The predicted octanol–water partition coefficient (Wildman–Crippen LogP) is 7.12. The molecule has 0 aliphatic carbocycles. The predicted molar refractivity (Wildman–Crippen MR) is 159 cm³/mol. The Labute approximate surface area is 233 Å². The van der Waals surface area contributed by atoms with E-state index in [4.69, 9.17) is 10.1 Å². The number of hydrogen-bond donors (Lipinski definition) is 2. The largest absolute Gasteiger partial charge is 0.478 e. The van der Waals surface area contributed by atoms with Gasteiger partial charge in [0.1, 0.15) is 12.1 Å². The van der Waals surface area contributed by atoms with E-state index in [2.05, 4.69) is 81.1 Å². The van der Waals surface area contributed by atoms with Gasteiger partial charge < -0.3 is 15.1 Å². The van der Waals surface area contributed by atoms with E-state index in [0.29, 0.717) is 5.56 Å². The van der Waals surface area contributed by atoms with Gasteiger partial charge in [-0.3, -0.25) is 4.99 Å². The molecular weight excluding hydrogens is 484 g/mol. The summed E-state index contributed by atoms with van der Waals surface area (Å²) in [4.78, 5) is 18.2. The minimum Gasteiger partial charge on any atom is -0.478 e. The molecule has 0 radical (unpaired) electrons. The smallest absolute Gasteiger partial charge is 0.335 e. The van der Waals surface area contributed by atoms with Crippen LogP contribution >= 0.6 is 0 Å². The zero-order valence-electron chi connectivity index (χ0n) is 23.7. The first-order chi connectivity index (χ1) is 18.7. The Balaban J connectivity index is 1.30. The number of aromatic carboxylic acids is 1. The number of carbonyl (C=O) groups is 1. The van der Waals surface area contributed by atoms with Crippen LogP contribution in [0.1, 0.15) is 80.4 Å². The van der Waals surface area contributed by atoms with E-state index in [1.807, 2.05) is 12.1 Å². The third-order valence-corrected chi connectivity index (χ3v) is 7.69. The maximum absolute atomic E-state index is 11.1. The van der Waals surface area contributed by atoms with Gasteiger partial charge >= 0.3 is 5.97 Å². The summed E-state index contributed by atoms with van der Waals surface area (Å²) in [5.41, 5.74) is 6.49. The lowest BCUT2D eigenvalue weighted by Gasteiger charge is -2.25. The summed E-state index contributed by atoms with van der Waals surface area (Å²) in [6.45, 7) is 9.55. The standard InChI is InChI=1S/C34H42N2O3/c1-5-36-31(35-30(32(36)37)13-7-9-24-15-21-29(22-16-24)34(2,3)4)14-8-11-25-10-6-12-28(23-25)26-17-19-27(20-18-26)33(38)39/h6,10,12,15-23,30,32,37H,5,7-9,11,13-14H2,1-4H3,(H,38,39).